The summed E-state index contributed by atoms with van der Waals surface area (Å²) in [5.74, 6) is 0. The fourth-order valence-electron chi connectivity index (χ4n) is 2.52. The summed E-state index contributed by atoms with van der Waals surface area (Å²) in [4.78, 5) is 0. The van der Waals surface area contributed by atoms with Gasteiger partial charge in [0.25, 0.3) is 11.2 Å². The fourth-order valence-corrected chi connectivity index (χ4v) is 2.52. The molecule has 0 aliphatic heterocycles. The van der Waals surface area contributed by atoms with Gasteiger partial charge < -0.3 is 20.4 Å². The Morgan fingerprint density at radius 1 is 0.500 bits per heavy atom. The van der Waals surface area contributed by atoms with Crippen molar-refractivity contribution >= 4 is 0 Å². The molecule has 4 nitrogen and oxygen atoms in total. The molecule has 16 heteroatoms. The van der Waals surface area contributed by atoms with Crippen LogP contribution < -0.4 is 0 Å². The summed E-state index contributed by atoms with van der Waals surface area (Å²) in [6, 6.07) is 2.04. The van der Waals surface area contributed by atoms with Crippen molar-refractivity contribution in [1.82, 2.24) is 0 Å². The van der Waals surface area contributed by atoms with Gasteiger partial charge in [0.2, 0.25) is 0 Å². The third-order valence-corrected chi connectivity index (χ3v) is 4.56. The number of aliphatic hydroxyl groups excluding tert-OH is 2. The van der Waals surface area contributed by atoms with Gasteiger partial charge in [0, 0.05) is 12.8 Å². The Morgan fingerprint density at radius 3 is 0.844 bits per heavy atom. The molecule has 0 amide bonds. The normalized spacial score (nSPS) is 16.8. The van der Waals surface area contributed by atoms with Crippen LogP contribution in [0.5, 0.6) is 0 Å². The van der Waals surface area contributed by atoms with Crippen LogP contribution in [0.2, 0.25) is 0 Å². The summed E-state index contributed by atoms with van der Waals surface area (Å²) < 4.78 is 152. The van der Waals surface area contributed by atoms with E-state index in [4.69, 9.17) is 10.2 Å². The molecule has 0 heterocycles. The van der Waals surface area contributed by atoms with E-state index in [9.17, 15) is 62.9 Å². The second-order valence-electron chi connectivity index (χ2n) is 6.82. The van der Waals surface area contributed by atoms with E-state index >= 15 is 0 Å². The second-order valence-corrected chi connectivity index (χ2v) is 6.82. The van der Waals surface area contributed by atoms with Crippen molar-refractivity contribution in [3.8, 4) is 0 Å². The molecule has 0 fully saturated rings. The first-order valence-electron chi connectivity index (χ1n) is 8.15. The van der Waals surface area contributed by atoms with E-state index < -0.39 is 72.1 Å². The molecule has 32 heavy (non-hydrogen) atoms. The van der Waals surface area contributed by atoms with Crippen LogP contribution in [0.3, 0.4) is 0 Å². The molecule has 0 aliphatic carbocycles. The summed E-state index contributed by atoms with van der Waals surface area (Å²) >= 11 is 0. The summed E-state index contributed by atoms with van der Waals surface area (Å²) in [6.07, 6.45) is -34.9. The first-order chi connectivity index (χ1) is 14.0. The molecule has 0 saturated heterocycles. The van der Waals surface area contributed by atoms with E-state index in [1.54, 1.807) is 0 Å². The Hall–Kier alpha value is -1.78. The fraction of sp³-hybridized carbons (Fsp3) is 0.625. The van der Waals surface area contributed by atoms with Gasteiger partial charge in [0.05, 0.1) is 12.2 Å². The van der Waals surface area contributed by atoms with Gasteiger partial charge in [0.1, 0.15) is 0 Å². The zero-order chi connectivity index (χ0) is 25.6. The van der Waals surface area contributed by atoms with Gasteiger partial charge in [-0.2, -0.15) is 52.7 Å². The monoisotopic (exact) mass is 498 g/mol. The molecule has 2 atom stereocenters. The van der Waals surface area contributed by atoms with Crippen LogP contribution in [-0.4, -0.2) is 56.3 Å². The van der Waals surface area contributed by atoms with Crippen LogP contribution in [0.1, 0.15) is 36.2 Å². The van der Waals surface area contributed by atoms with Crippen LogP contribution in [-0.2, 0) is 0 Å². The largest absolute Gasteiger partial charge is 0.426 e. The number of hydrogen-bond donors (Lipinski definition) is 4. The average Bonchev–Trinajstić information content (AvgIpc) is 2.57. The lowest BCUT2D eigenvalue weighted by atomic mass is 9.89. The molecule has 186 valence electrons. The molecular weight excluding hydrogens is 484 g/mol. The maximum Gasteiger partial charge on any atom is 0.426 e. The number of benzene rings is 1. The molecule has 0 radical (unpaired) electrons. The summed E-state index contributed by atoms with van der Waals surface area (Å²) in [6.45, 7) is 0. The molecule has 0 saturated carbocycles. The molecule has 0 aliphatic rings. The topological polar surface area (TPSA) is 80.9 Å². The third-order valence-electron chi connectivity index (χ3n) is 4.56. The van der Waals surface area contributed by atoms with Crippen molar-refractivity contribution < 1.29 is 73.1 Å². The molecule has 0 unspecified atom stereocenters. The van der Waals surface area contributed by atoms with Crippen molar-refractivity contribution in [2.75, 3.05) is 0 Å². The molecule has 1 aromatic carbocycles. The summed E-state index contributed by atoms with van der Waals surface area (Å²) in [5.41, 5.74) is -12.1. The Bertz CT molecular complexity index is 671. The number of halogens is 12. The lowest BCUT2D eigenvalue weighted by molar-refractivity contribution is -0.374. The van der Waals surface area contributed by atoms with Gasteiger partial charge >= 0.3 is 24.7 Å². The minimum absolute atomic E-state index is 0.511. The van der Waals surface area contributed by atoms with Gasteiger partial charge in [-0.15, -0.1) is 0 Å². The predicted molar refractivity (Wildman–Crippen MR) is 79.7 cm³/mol. The second kappa shape index (κ2) is 8.53. The Labute approximate surface area is 170 Å². The maximum absolute atomic E-state index is 12.7. The van der Waals surface area contributed by atoms with Gasteiger partial charge in [-0.05, 0) is 11.1 Å². The van der Waals surface area contributed by atoms with Gasteiger partial charge in [-0.25, -0.2) is 0 Å². The molecule has 0 aromatic heterocycles. The van der Waals surface area contributed by atoms with Crippen LogP contribution in [0.4, 0.5) is 52.7 Å². The highest BCUT2D eigenvalue weighted by Crippen LogP contribution is 2.49. The van der Waals surface area contributed by atoms with Crippen molar-refractivity contribution in [2.45, 2.75) is 61.0 Å². The predicted octanol–water partition coefficient (Wildman–Crippen LogP) is 4.25. The van der Waals surface area contributed by atoms with Gasteiger partial charge in [-0.3, -0.25) is 0 Å². The number of rotatable bonds is 6. The molecule has 0 spiro atoms. The number of aliphatic hydroxyl groups is 4. The van der Waals surface area contributed by atoms with Gasteiger partial charge in [-0.1, -0.05) is 24.3 Å². The van der Waals surface area contributed by atoms with Crippen LogP contribution in [0, 0.1) is 0 Å². The van der Waals surface area contributed by atoms with E-state index in [1.807, 2.05) is 0 Å². The van der Waals surface area contributed by atoms with Crippen molar-refractivity contribution in [3.05, 3.63) is 35.4 Å². The third kappa shape index (κ3) is 5.40. The average molecular weight is 498 g/mol. The minimum Gasteiger partial charge on any atom is -0.388 e. The molecule has 1 rings (SSSR count). The zero-order valence-electron chi connectivity index (χ0n) is 15.2. The zero-order valence-corrected chi connectivity index (χ0v) is 15.2. The van der Waals surface area contributed by atoms with E-state index in [1.165, 1.54) is 0 Å². The quantitative estimate of drug-likeness (QED) is 0.443. The minimum atomic E-state index is -6.25. The standard InChI is InChI=1S/C16H14F12O4/c17-13(18,19)11(31,14(20,21)22)5-9(29)7-1-2-8(4-3-7)10(30)6-12(32,15(23,24)25)16(26,27)28/h1-4,9-10,29-32H,5-6H2/t9-,10-/m1/s1. The van der Waals surface area contributed by atoms with E-state index in [2.05, 4.69) is 0 Å². The van der Waals surface area contributed by atoms with Crippen molar-refractivity contribution in [3.63, 3.8) is 0 Å². The number of hydrogen-bond acceptors (Lipinski definition) is 4. The van der Waals surface area contributed by atoms with Crippen LogP contribution >= 0.6 is 0 Å². The summed E-state index contributed by atoms with van der Waals surface area (Å²) in [5, 5.41) is 37.4. The lowest BCUT2D eigenvalue weighted by Crippen LogP contribution is -2.57. The SMILES string of the molecule is O[C@H](CC(O)(C(F)(F)F)C(F)(F)F)c1ccc([C@H](O)CC(O)(C(F)(F)F)C(F)(F)F)cc1. The van der Waals surface area contributed by atoms with E-state index in [0.717, 1.165) is 0 Å². The number of alkyl halides is 12. The Kier molecular flexibility index (Phi) is 7.53. The first kappa shape index (κ1) is 28.3. The van der Waals surface area contributed by atoms with Crippen LogP contribution in [0.15, 0.2) is 24.3 Å². The van der Waals surface area contributed by atoms with E-state index in [-0.39, 0.29) is 0 Å². The maximum atomic E-state index is 12.7. The smallest absolute Gasteiger partial charge is 0.388 e. The molecule has 1 aromatic rings. The van der Waals surface area contributed by atoms with Gasteiger partial charge in [0.15, 0.2) is 0 Å². The Balaban J connectivity index is 3.13. The van der Waals surface area contributed by atoms with Crippen LogP contribution in [0.25, 0.3) is 0 Å². The highest BCUT2D eigenvalue weighted by Gasteiger charge is 2.71. The Morgan fingerprint density at radius 2 is 0.688 bits per heavy atom. The lowest BCUT2D eigenvalue weighted by Gasteiger charge is -2.34. The molecule has 0 bridgehead atoms. The highest BCUT2D eigenvalue weighted by molar-refractivity contribution is 5.26. The molecule has 4 N–H and O–H groups in total. The highest BCUT2D eigenvalue weighted by atomic mass is 19.4. The van der Waals surface area contributed by atoms with Crippen molar-refractivity contribution in [1.29, 1.82) is 0 Å². The van der Waals surface area contributed by atoms with E-state index in [0.29, 0.717) is 24.3 Å². The summed E-state index contributed by atoms with van der Waals surface area (Å²) in [7, 11) is 0. The molecular formula is C16H14F12O4. The van der Waals surface area contributed by atoms with Crippen molar-refractivity contribution in [2.24, 2.45) is 0 Å². The first-order valence-corrected chi connectivity index (χ1v) is 8.15.